The van der Waals surface area contributed by atoms with E-state index in [4.69, 9.17) is 4.74 Å². The van der Waals surface area contributed by atoms with Gasteiger partial charge >= 0.3 is 6.11 Å². The Hall–Kier alpha value is -2.23. The van der Waals surface area contributed by atoms with Crippen LogP contribution in [-0.2, 0) is 0 Å². The van der Waals surface area contributed by atoms with E-state index in [9.17, 15) is 13.2 Å². The van der Waals surface area contributed by atoms with Gasteiger partial charge in [-0.1, -0.05) is 30.4 Å². The van der Waals surface area contributed by atoms with Crippen LogP contribution < -0.4 is 4.74 Å². The number of rotatable bonds is 5. The van der Waals surface area contributed by atoms with Crippen LogP contribution in [0.2, 0.25) is 0 Å². The smallest absolute Gasteiger partial charge is 0.400 e. The highest BCUT2D eigenvalue weighted by Crippen LogP contribution is 2.40. The number of hydrogen-bond acceptors (Lipinski definition) is 1. The average molecular weight is 374 g/mol. The molecule has 1 nitrogen and oxygen atoms in total. The highest BCUT2D eigenvalue weighted by molar-refractivity contribution is 5.86. The Labute approximate surface area is 158 Å². The molecule has 0 amide bonds. The second-order valence-corrected chi connectivity index (χ2v) is 7.18. The molecule has 3 rings (SSSR count). The van der Waals surface area contributed by atoms with E-state index in [1.807, 2.05) is 19.9 Å². The number of hydrogen-bond donors (Lipinski definition) is 0. The maximum Gasteiger partial charge on any atom is 0.400 e. The minimum atomic E-state index is -3.22. The first-order chi connectivity index (χ1) is 12.9. The maximum absolute atomic E-state index is 14.6. The van der Waals surface area contributed by atoms with Crippen molar-refractivity contribution >= 4 is 16.8 Å². The molecule has 2 aromatic rings. The molecule has 0 atom stereocenters. The predicted molar refractivity (Wildman–Crippen MR) is 104 cm³/mol. The van der Waals surface area contributed by atoms with Gasteiger partial charge in [0.25, 0.3) is 0 Å². The Morgan fingerprint density at radius 2 is 1.70 bits per heavy atom. The quantitative estimate of drug-likeness (QED) is 0.497. The second kappa shape index (κ2) is 8.20. The standard InChI is InChI=1S/C23H25F3O/c1-3-5-16-7-10-20(11-8-16)23(25,26)27-21-12-9-17-13-18(6-4-2)22(24)15-19(17)14-21/h3-6,9,12-16,20H,7-8,10-11H2,1-2H3/b5-3+,6-4+. The topological polar surface area (TPSA) is 9.23 Å². The van der Waals surface area contributed by atoms with Crippen molar-refractivity contribution in [3.63, 3.8) is 0 Å². The van der Waals surface area contributed by atoms with Gasteiger partial charge in [0.15, 0.2) is 0 Å². The van der Waals surface area contributed by atoms with Crippen molar-refractivity contribution in [2.75, 3.05) is 0 Å². The van der Waals surface area contributed by atoms with E-state index < -0.39 is 12.0 Å². The molecule has 0 aliphatic heterocycles. The third kappa shape index (κ3) is 4.55. The summed E-state index contributed by atoms with van der Waals surface area (Å²) in [5.41, 5.74) is 0.474. The third-order valence-corrected chi connectivity index (χ3v) is 5.24. The Bertz CT molecular complexity index is 846. The number of alkyl halides is 2. The minimum absolute atomic E-state index is 0.0706. The summed E-state index contributed by atoms with van der Waals surface area (Å²) >= 11 is 0. The summed E-state index contributed by atoms with van der Waals surface area (Å²) in [7, 11) is 0. The first-order valence-electron chi connectivity index (χ1n) is 9.48. The van der Waals surface area contributed by atoms with Crippen LogP contribution in [-0.4, -0.2) is 6.11 Å². The fraction of sp³-hybridized carbons (Fsp3) is 0.391. The Balaban J connectivity index is 1.76. The van der Waals surface area contributed by atoms with E-state index >= 15 is 0 Å². The van der Waals surface area contributed by atoms with Crippen molar-refractivity contribution in [3.8, 4) is 5.75 Å². The van der Waals surface area contributed by atoms with Gasteiger partial charge in [-0.3, -0.25) is 0 Å². The fourth-order valence-corrected chi connectivity index (χ4v) is 3.80. The third-order valence-electron chi connectivity index (χ3n) is 5.24. The second-order valence-electron chi connectivity index (χ2n) is 7.18. The first-order valence-corrected chi connectivity index (χ1v) is 9.48. The molecule has 2 aromatic carbocycles. The number of benzene rings is 2. The molecule has 27 heavy (non-hydrogen) atoms. The van der Waals surface area contributed by atoms with Crippen LogP contribution in [0, 0.1) is 17.7 Å². The van der Waals surface area contributed by atoms with Crippen molar-refractivity contribution in [3.05, 3.63) is 59.9 Å². The van der Waals surface area contributed by atoms with Crippen molar-refractivity contribution in [1.29, 1.82) is 0 Å². The molecule has 0 bridgehead atoms. The number of allylic oxidation sites excluding steroid dienone is 3. The van der Waals surface area contributed by atoms with Gasteiger partial charge < -0.3 is 4.74 Å². The number of halogens is 3. The van der Waals surface area contributed by atoms with E-state index in [2.05, 4.69) is 6.08 Å². The molecule has 0 aromatic heterocycles. The largest absolute Gasteiger partial charge is 0.432 e. The van der Waals surface area contributed by atoms with Crippen LogP contribution >= 0.6 is 0 Å². The predicted octanol–water partition coefficient (Wildman–Crippen LogP) is 7.37. The molecular weight excluding hydrogens is 349 g/mol. The summed E-state index contributed by atoms with van der Waals surface area (Å²) in [5, 5.41) is 1.33. The lowest BCUT2D eigenvalue weighted by Crippen LogP contribution is -2.37. The highest BCUT2D eigenvalue weighted by atomic mass is 19.3. The van der Waals surface area contributed by atoms with Gasteiger partial charge in [-0.15, -0.1) is 0 Å². The molecule has 0 spiro atoms. The highest BCUT2D eigenvalue weighted by Gasteiger charge is 2.43. The molecule has 1 saturated carbocycles. The summed E-state index contributed by atoms with van der Waals surface area (Å²) < 4.78 is 48.5. The normalized spacial score (nSPS) is 21.4. The molecule has 1 aliphatic rings. The summed E-state index contributed by atoms with van der Waals surface area (Å²) in [4.78, 5) is 0. The van der Waals surface area contributed by atoms with Crippen molar-refractivity contribution in [2.45, 2.75) is 45.6 Å². The van der Waals surface area contributed by atoms with Gasteiger partial charge in [0.2, 0.25) is 0 Å². The zero-order valence-electron chi connectivity index (χ0n) is 15.7. The SMILES string of the molecule is C/C=C/c1cc2ccc(OC(F)(F)C3CCC(/C=C/C)CC3)cc2cc1F. The van der Waals surface area contributed by atoms with E-state index in [0.717, 1.165) is 18.2 Å². The zero-order valence-corrected chi connectivity index (χ0v) is 15.7. The molecular formula is C23H25F3O. The summed E-state index contributed by atoms with van der Waals surface area (Å²) in [6.45, 7) is 3.77. The fourth-order valence-electron chi connectivity index (χ4n) is 3.80. The van der Waals surface area contributed by atoms with E-state index in [1.165, 1.54) is 18.2 Å². The van der Waals surface area contributed by atoms with Gasteiger partial charge in [0, 0.05) is 5.56 Å². The summed E-state index contributed by atoms with van der Waals surface area (Å²) in [6, 6.07) is 7.76. The Kier molecular flexibility index (Phi) is 5.93. The van der Waals surface area contributed by atoms with Crippen LogP contribution in [0.1, 0.15) is 45.1 Å². The lowest BCUT2D eigenvalue weighted by Gasteiger charge is -2.32. The van der Waals surface area contributed by atoms with Gasteiger partial charge in [-0.25, -0.2) is 4.39 Å². The van der Waals surface area contributed by atoms with Crippen LogP contribution in [0.25, 0.3) is 16.8 Å². The van der Waals surface area contributed by atoms with Crippen LogP contribution in [0.3, 0.4) is 0 Å². The molecule has 1 aliphatic carbocycles. The van der Waals surface area contributed by atoms with Gasteiger partial charge in [-0.2, -0.15) is 8.78 Å². The maximum atomic E-state index is 14.6. The Morgan fingerprint density at radius 1 is 0.963 bits per heavy atom. The van der Waals surface area contributed by atoms with Gasteiger partial charge in [-0.05, 0) is 80.5 Å². The summed E-state index contributed by atoms with van der Waals surface area (Å²) in [5.74, 6) is -0.714. The van der Waals surface area contributed by atoms with Crippen molar-refractivity contribution < 1.29 is 17.9 Å². The molecule has 0 N–H and O–H groups in total. The molecule has 0 saturated heterocycles. The van der Waals surface area contributed by atoms with Gasteiger partial charge in [0.1, 0.15) is 11.6 Å². The lowest BCUT2D eigenvalue weighted by molar-refractivity contribution is -0.222. The Morgan fingerprint density at radius 3 is 2.37 bits per heavy atom. The van der Waals surface area contributed by atoms with Crippen LogP contribution in [0.5, 0.6) is 5.75 Å². The van der Waals surface area contributed by atoms with Crippen molar-refractivity contribution in [2.24, 2.45) is 11.8 Å². The van der Waals surface area contributed by atoms with Crippen molar-refractivity contribution in [1.82, 2.24) is 0 Å². The van der Waals surface area contributed by atoms with Gasteiger partial charge in [0.05, 0.1) is 5.92 Å². The molecule has 1 fully saturated rings. The zero-order chi connectivity index (χ0) is 19.4. The molecule has 4 heteroatoms. The minimum Gasteiger partial charge on any atom is -0.432 e. The lowest BCUT2D eigenvalue weighted by atomic mass is 9.81. The molecule has 0 radical (unpaired) electrons. The first kappa shape index (κ1) is 19.5. The molecule has 0 heterocycles. The monoisotopic (exact) mass is 374 g/mol. The van der Waals surface area contributed by atoms with Crippen LogP contribution in [0.15, 0.2) is 48.6 Å². The molecule has 0 unspecified atom stereocenters. The van der Waals surface area contributed by atoms with E-state index in [0.29, 0.717) is 29.7 Å². The number of ether oxygens (including phenoxy) is 1. The van der Waals surface area contributed by atoms with Crippen LogP contribution in [0.4, 0.5) is 13.2 Å². The van der Waals surface area contributed by atoms with E-state index in [1.54, 1.807) is 24.3 Å². The molecule has 144 valence electrons. The van der Waals surface area contributed by atoms with E-state index in [-0.39, 0.29) is 11.6 Å². The summed E-state index contributed by atoms with van der Waals surface area (Å²) in [6.07, 6.45) is 6.68. The number of fused-ring (bicyclic) bond motifs is 1. The average Bonchev–Trinajstić information content (AvgIpc) is 2.63.